The maximum Gasteiger partial charge on any atom is 0.300 e. The highest BCUT2D eigenvalue weighted by Gasteiger charge is 2.48. The topological polar surface area (TPSA) is 89.2 Å². The molecule has 1 unspecified atom stereocenters. The van der Waals surface area contributed by atoms with E-state index in [1.165, 1.54) is 17.2 Å². The third-order valence-electron chi connectivity index (χ3n) is 5.17. The van der Waals surface area contributed by atoms with Crippen molar-refractivity contribution < 1.29 is 28.6 Å². The Labute approximate surface area is 195 Å². The number of ether oxygens (including phenoxy) is 2. The fourth-order valence-corrected chi connectivity index (χ4v) is 3.95. The molecule has 170 valence electrons. The second kappa shape index (κ2) is 9.42. The van der Waals surface area contributed by atoms with Gasteiger partial charge in [0.25, 0.3) is 11.7 Å². The lowest BCUT2D eigenvalue weighted by Gasteiger charge is -2.23. The second-order valence-electron chi connectivity index (χ2n) is 7.19. The van der Waals surface area contributed by atoms with Crippen molar-refractivity contribution in [2.75, 3.05) is 18.1 Å². The first kappa shape index (κ1) is 22.5. The maximum atomic E-state index is 13.2. The van der Waals surface area contributed by atoms with Crippen LogP contribution in [0.2, 0.25) is 5.02 Å². The van der Waals surface area contributed by atoms with Crippen molar-refractivity contribution in [1.82, 2.24) is 0 Å². The smallest absolute Gasteiger partial charge is 0.300 e. The highest BCUT2D eigenvalue weighted by atomic mass is 35.5. The van der Waals surface area contributed by atoms with E-state index in [9.17, 15) is 14.7 Å². The number of nitrogens with zero attached hydrogens (tertiary/aromatic N) is 1. The summed E-state index contributed by atoms with van der Waals surface area (Å²) in [5.41, 5.74) is 0.636. The van der Waals surface area contributed by atoms with Crippen LogP contribution in [0.3, 0.4) is 0 Å². The summed E-state index contributed by atoms with van der Waals surface area (Å²) in [6.45, 7) is 4.48. The Morgan fingerprint density at radius 2 is 1.85 bits per heavy atom. The molecule has 1 aliphatic rings. The summed E-state index contributed by atoms with van der Waals surface area (Å²) in [5, 5.41) is 11.5. The van der Waals surface area contributed by atoms with Gasteiger partial charge in [0.15, 0.2) is 0 Å². The highest BCUT2D eigenvalue weighted by molar-refractivity contribution is 6.51. The fraction of sp³-hybridized carbons (Fsp3) is 0.200. The van der Waals surface area contributed by atoms with Gasteiger partial charge in [-0.1, -0.05) is 17.7 Å². The van der Waals surface area contributed by atoms with Crippen LogP contribution >= 0.6 is 11.6 Å². The first-order valence-corrected chi connectivity index (χ1v) is 10.8. The molecule has 1 saturated heterocycles. The molecule has 1 N–H and O–H groups in total. The van der Waals surface area contributed by atoms with Crippen LogP contribution < -0.4 is 14.4 Å². The molecule has 1 aromatic heterocycles. The molecule has 0 radical (unpaired) electrons. The number of hydrogen-bond acceptors (Lipinski definition) is 6. The van der Waals surface area contributed by atoms with Gasteiger partial charge in [-0.2, -0.15) is 0 Å². The van der Waals surface area contributed by atoms with Gasteiger partial charge < -0.3 is 19.0 Å². The van der Waals surface area contributed by atoms with Crippen molar-refractivity contribution in [3.8, 4) is 11.5 Å². The van der Waals surface area contributed by atoms with Crippen LogP contribution in [-0.4, -0.2) is 30.0 Å². The van der Waals surface area contributed by atoms with Crippen LogP contribution in [0.5, 0.6) is 11.5 Å². The minimum atomic E-state index is -0.969. The van der Waals surface area contributed by atoms with Crippen LogP contribution in [0.15, 0.2) is 70.9 Å². The van der Waals surface area contributed by atoms with Gasteiger partial charge >= 0.3 is 0 Å². The van der Waals surface area contributed by atoms with E-state index in [1.807, 2.05) is 13.8 Å². The summed E-state index contributed by atoms with van der Waals surface area (Å²) in [6.07, 6.45) is 1.45. The molecule has 0 bridgehead atoms. The number of ketones is 1. The average molecular weight is 468 g/mol. The maximum absolute atomic E-state index is 13.2. The van der Waals surface area contributed by atoms with Crippen molar-refractivity contribution in [1.29, 1.82) is 0 Å². The van der Waals surface area contributed by atoms with Crippen LogP contribution in [-0.2, 0) is 9.59 Å². The third kappa shape index (κ3) is 4.19. The Morgan fingerprint density at radius 1 is 1.06 bits per heavy atom. The first-order valence-electron chi connectivity index (χ1n) is 10.5. The third-order valence-corrected chi connectivity index (χ3v) is 5.48. The molecular formula is C25H22ClNO6. The number of rotatable bonds is 7. The van der Waals surface area contributed by atoms with Gasteiger partial charge in [-0.3, -0.25) is 14.5 Å². The Balaban J connectivity index is 1.88. The zero-order valence-corrected chi connectivity index (χ0v) is 18.8. The first-order chi connectivity index (χ1) is 16.0. The number of aliphatic hydroxyl groups excluding tert-OH is 1. The normalized spacial score (nSPS) is 17.4. The summed E-state index contributed by atoms with van der Waals surface area (Å²) in [4.78, 5) is 27.6. The summed E-state index contributed by atoms with van der Waals surface area (Å²) >= 11 is 6.17. The molecule has 4 rings (SSSR count). The van der Waals surface area contributed by atoms with Crippen LogP contribution in [0.4, 0.5) is 5.69 Å². The molecule has 2 heterocycles. The number of halogens is 1. The molecule has 0 spiro atoms. The van der Waals surface area contributed by atoms with Crippen molar-refractivity contribution in [2.24, 2.45) is 0 Å². The number of hydrogen-bond donors (Lipinski definition) is 1. The molecule has 2 aromatic carbocycles. The molecule has 3 aromatic rings. The highest BCUT2D eigenvalue weighted by Crippen LogP contribution is 2.43. The number of amides is 1. The molecule has 1 fully saturated rings. The molecule has 8 heteroatoms. The summed E-state index contributed by atoms with van der Waals surface area (Å²) in [6, 6.07) is 13.8. The standard InChI is InChI=1S/C25H22ClNO6/c1-3-31-17-8-5-7-16(14-17)27-22(19-9-6-12-33-19)21(24(29)25(27)30)23(28)15-10-11-18(26)20(13-15)32-4-2/h5-14,22,28H,3-4H2,1-2H3/b23-21-. The van der Waals surface area contributed by atoms with E-state index in [-0.39, 0.29) is 11.3 Å². The summed E-state index contributed by atoms with van der Waals surface area (Å²) < 4.78 is 16.6. The van der Waals surface area contributed by atoms with E-state index < -0.39 is 17.7 Å². The van der Waals surface area contributed by atoms with Gasteiger partial charge in [0.2, 0.25) is 0 Å². The Kier molecular flexibility index (Phi) is 6.42. The van der Waals surface area contributed by atoms with E-state index >= 15 is 0 Å². The van der Waals surface area contributed by atoms with Crippen molar-refractivity contribution in [3.63, 3.8) is 0 Å². The Morgan fingerprint density at radius 3 is 2.55 bits per heavy atom. The number of benzene rings is 2. The Hall–Kier alpha value is -3.71. The molecule has 0 saturated carbocycles. The van der Waals surface area contributed by atoms with E-state index in [0.717, 1.165) is 0 Å². The molecule has 0 aliphatic carbocycles. The van der Waals surface area contributed by atoms with Crippen LogP contribution in [0, 0.1) is 0 Å². The zero-order chi connectivity index (χ0) is 23.5. The van der Waals surface area contributed by atoms with E-state index in [1.54, 1.807) is 48.5 Å². The molecule has 7 nitrogen and oxygen atoms in total. The fourth-order valence-electron chi connectivity index (χ4n) is 3.78. The molecule has 1 amide bonds. The molecular weight excluding hydrogens is 446 g/mol. The molecule has 1 atom stereocenters. The van der Waals surface area contributed by atoms with Crippen molar-refractivity contribution >= 4 is 34.7 Å². The Bertz CT molecular complexity index is 1220. The number of Topliss-reactive ketones (excluding diaryl/α,β-unsaturated/α-hetero) is 1. The average Bonchev–Trinajstić information content (AvgIpc) is 3.42. The number of carbonyl (C=O) groups is 2. The summed E-state index contributed by atoms with van der Waals surface area (Å²) in [7, 11) is 0. The largest absolute Gasteiger partial charge is 0.507 e. The number of furan rings is 1. The minimum absolute atomic E-state index is 0.0958. The van der Waals surface area contributed by atoms with Gasteiger partial charge in [-0.05, 0) is 56.3 Å². The zero-order valence-electron chi connectivity index (χ0n) is 18.1. The van der Waals surface area contributed by atoms with Crippen molar-refractivity contribution in [3.05, 3.63) is 82.8 Å². The van der Waals surface area contributed by atoms with Gasteiger partial charge in [0.05, 0.1) is 30.1 Å². The summed E-state index contributed by atoms with van der Waals surface area (Å²) in [5.74, 6) is -0.729. The SMILES string of the molecule is CCOc1cccc(N2C(=O)C(=O)/C(=C(\O)c3ccc(Cl)c(OCC)c3)C2c2ccco2)c1. The van der Waals surface area contributed by atoms with Gasteiger partial charge in [-0.15, -0.1) is 0 Å². The molecule has 33 heavy (non-hydrogen) atoms. The van der Waals surface area contributed by atoms with Gasteiger partial charge in [0, 0.05) is 17.3 Å². The predicted molar refractivity (Wildman–Crippen MR) is 124 cm³/mol. The molecule has 1 aliphatic heterocycles. The van der Waals surface area contributed by atoms with E-state index in [0.29, 0.717) is 46.7 Å². The minimum Gasteiger partial charge on any atom is -0.507 e. The van der Waals surface area contributed by atoms with Gasteiger partial charge in [0.1, 0.15) is 29.1 Å². The number of anilines is 1. The monoisotopic (exact) mass is 467 g/mol. The number of aliphatic hydroxyl groups is 1. The van der Waals surface area contributed by atoms with Crippen LogP contribution in [0.1, 0.15) is 31.2 Å². The van der Waals surface area contributed by atoms with E-state index in [2.05, 4.69) is 0 Å². The second-order valence-corrected chi connectivity index (χ2v) is 7.60. The lowest BCUT2D eigenvalue weighted by Crippen LogP contribution is -2.29. The van der Waals surface area contributed by atoms with E-state index in [4.69, 9.17) is 25.5 Å². The number of carbonyl (C=O) groups excluding carboxylic acids is 2. The van der Waals surface area contributed by atoms with Crippen molar-refractivity contribution in [2.45, 2.75) is 19.9 Å². The predicted octanol–water partition coefficient (Wildman–Crippen LogP) is 5.36. The van der Waals surface area contributed by atoms with Crippen LogP contribution in [0.25, 0.3) is 5.76 Å². The lowest BCUT2D eigenvalue weighted by atomic mass is 9.99. The lowest BCUT2D eigenvalue weighted by molar-refractivity contribution is -0.132. The quantitative estimate of drug-likeness (QED) is 0.286. The van der Waals surface area contributed by atoms with Gasteiger partial charge in [-0.25, -0.2) is 0 Å².